The lowest BCUT2D eigenvalue weighted by Crippen LogP contribution is -2.39. The molecule has 0 unspecified atom stereocenters. The van der Waals surface area contributed by atoms with Gasteiger partial charge >= 0.3 is 0 Å². The van der Waals surface area contributed by atoms with Crippen LogP contribution in [-0.4, -0.2) is 17.2 Å². The van der Waals surface area contributed by atoms with Gasteiger partial charge in [-0.2, -0.15) is 0 Å². The van der Waals surface area contributed by atoms with Gasteiger partial charge in [0.15, 0.2) is 0 Å². The summed E-state index contributed by atoms with van der Waals surface area (Å²) in [4.78, 5) is 38.3. The molecule has 0 amide bonds. The van der Waals surface area contributed by atoms with Crippen LogP contribution in [0.15, 0.2) is 0 Å². The quantitative estimate of drug-likeness (QED) is 0.396. The van der Waals surface area contributed by atoms with E-state index in [2.05, 4.69) is 0 Å². The zero-order valence-corrected chi connectivity index (χ0v) is 4.63. The van der Waals surface area contributed by atoms with Gasteiger partial charge in [-0.25, -0.2) is 0 Å². The molecule has 48 valence electrons. The smallest absolute Gasteiger partial charge is 0.275 e. The van der Waals surface area contributed by atoms with Gasteiger partial charge in [0.25, 0.3) is 5.52 Å². The minimum absolute atomic E-state index is 1.23. The molecule has 0 fully saturated rings. The summed E-state index contributed by atoms with van der Waals surface area (Å²) in [7, 11) is -5.15. The molecule has 0 spiro atoms. The molecule has 0 aliphatic carbocycles. The van der Waals surface area contributed by atoms with Crippen LogP contribution in [0, 0.1) is 0 Å². The number of aliphatic hydroxyl groups is 1. The van der Waals surface area contributed by atoms with E-state index < -0.39 is 20.1 Å². The number of carbonyl (C=O) groups is 1. The van der Waals surface area contributed by atoms with Crippen LogP contribution in [0.4, 0.5) is 0 Å². The molecule has 0 saturated heterocycles. The lowest BCUT2D eigenvalue weighted by Gasteiger charge is -2.37. The molecule has 0 aromatic carbocycles. The zero-order valence-electron chi connectivity index (χ0n) is 3.73. The second-order valence-electron chi connectivity index (χ2n) is 1.05. The summed E-state index contributed by atoms with van der Waals surface area (Å²) in [5, 5.41) is 7.75. The Morgan fingerprint density at radius 3 is 1.88 bits per heavy atom. The topological polar surface area (TPSA) is 106 Å². The average Bonchev–Trinajstić information content (AvgIpc) is 1.62. The average molecular weight is 138 g/mol. The Morgan fingerprint density at radius 1 is 1.50 bits per heavy atom. The van der Waals surface area contributed by atoms with Crippen LogP contribution in [0.2, 0.25) is 0 Å². The summed E-state index contributed by atoms with van der Waals surface area (Å²) in [5.41, 5.74) is -1.67. The predicted molar refractivity (Wildman–Crippen MR) is 19.0 cm³/mol. The van der Waals surface area contributed by atoms with Crippen LogP contribution in [0.1, 0.15) is 0 Å². The molecule has 0 aliphatic rings. The van der Waals surface area contributed by atoms with Gasteiger partial charge in [0, 0.05) is 0 Å². The maximum atomic E-state index is 9.70. The van der Waals surface area contributed by atoms with E-state index in [1.807, 2.05) is 0 Å². The van der Waals surface area contributed by atoms with Gasteiger partial charge in [-0.05, 0) is 0 Å². The summed E-state index contributed by atoms with van der Waals surface area (Å²) in [6.07, 6.45) is 0. The minimum atomic E-state index is -5.15. The molecule has 0 aliphatic heterocycles. The van der Waals surface area contributed by atoms with Crippen molar-refractivity contribution in [1.82, 2.24) is 0 Å². The maximum absolute atomic E-state index is 9.70. The van der Waals surface area contributed by atoms with E-state index in [4.69, 9.17) is 5.11 Å². The van der Waals surface area contributed by atoms with Crippen LogP contribution in [0.25, 0.3) is 0 Å². The first-order chi connectivity index (χ1) is 3.48. The van der Waals surface area contributed by atoms with Crippen molar-refractivity contribution < 1.29 is 24.6 Å². The Balaban J connectivity index is 3.82. The lowest BCUT2D eigenvalue weighted by atomic mass is 10.8. The highest BCUT2D eigenvalue weighted by molar-refractivity contribution is 7.72. The first-order valence-electron chi connectivity index (χ1n) is 1.65. The number of hydrogen-bond donors (Lipinski definition) is 1. The fourth-order valence-electron chi connectivity index (χ4n) is 0.0866. The Hall–Kier alpha value is -0.0600. The van der Waals surface area contributed by atoms with Crippen molar-refractivity contribution in [3.8, 4) is 0 Å². The molecule has 6 heteroatoms. The number of aliphatic hydroxyl groups excluding tert-OH is 1. The second kappa shape index (κ2) is 2.48. The van der Waals surface area contributed by atoms with Gasteiger partial charge in [0.05, 0.1) is 0 Å². The fourth-order valence-corrected chi connectivity index (χ4v) is 0.260. The van der Waals surface area contributed by atoms with Crippen LogP contribution >= 0.6 is 7.94 Å². The molecule has 0 bridgehead atoms. The van der Waals surface area contributed by atoms with E-state index in [1.165, 1.54) is 0 Å². The molecule has 0 radical (unpaired) electrons. The Kier molecular flexibility index (Phi) is 2.46. The molecular weight excluding hydrogens is 135 g/mol. The highest BCUT2D eigenvalue weighted by Crippen LogP contribution is 2.27. The normalized spacial score (nSPS) is 11.5. The third-order valence-corrected chi connectivity index (χ3v) is 1.19. The Labute approximate surface area is 45.8 Å². The standard InChI is InChI=1S/C2H5O5P/c3-1-2(4)8(5,6)7/h3H,1H2,(H2,5,6,7)/p-2. The predicted octanol–water partition coefficient (Wildman–Crippen LogP) is -3.65. The zero-order chi connectivity index (χ0) is 6.78. The summed E-state index contributed by atoms with van der Waals surface area (Å²) < 4.78 is 0. The fraction of sp³-hybridized carbons (Fsp3) is 0.500. The van der Waals surface area contributed by atoms with E-state index >= 15 is 0 Å². The van der Waals surface area contributed by atoms with Crippen molar-refractivity contribution >= 4 is 13.5 Å². The summed E-state index contributed by atoms with van der Waals surface area (Å²) in [6, 6.07) is 0. The number of rotatable bonds is 2. The highest BCUT2D eigenvalue weighted by Gasteiger charge is 2.08. The van der Waals surface area contributed by atoms with Gasteiger partial charge in [0.2, 0.25) is 0 Å². The second-order valence-corrected chi connectivity index (χ2v) is 2.54. The monoisotopic (exact) mass is 138 g/mol. The highest BCUT2D eigenvalue weighted by atomic mass is 31.2. The van der Waals surface area contributed by atoms with Crippen LogP contribution in [0.5, 0.6) is 0 Å². The Bertz CT molecular complexity index is 93.1. The molecule has 0 aromatic rings. The van der Waals surface area contributed by atoms with E-state index in [9.17, 15) is 19.5 Å². The largest absolute Gasteiger partial charge is 0.681 e. The van der Waals surface area contributed by atoms with Gasteiger partial charge < -0.3 is 19.8 Å². The summed E-state index contributed by atoms with van der Waals surface area (Å²) in [5.74, 6) is 0. The lowest BCUT2D eigenvalue weighted by molar-refractivity contribution is -0.422. The molecule has 5 nitrogen and oxygen atoms in total. The van der Waals surface area contributed by atoms with E-state index in [0.29, 0.717) is 0 Å². The van der Waals surface area contributed by atoms with Crippen LogP contribution in [0.3, 0.4) is 0 Å². The van der Waals surface area contributed by atoms with Gasteiger partial charge in [-0.3, -0.25) is 4.79 Å². The van der Waals surface area contributed by atoms with E-state index in [1.54, 1.807) is 0 Å². The minimum Gasteiger partial charge on any atom is -0.681 e. The molecule has 0 rings (SSSR count). The van der Waals surface area contributed by atoms with E-state index in [-0.39, 0.29) is 0 Å². The number of hydrogen-bond acceptors (Lipinski definition) is 5. The van der Waals surface area contributed by atoms with Crippen molar-refractivity contribution in [2.45, 2.75) is 0 Å². The molecule has 8 heavy (non-hydrogen) atoms. The van der Waals surface area contributed by atoms with Crippen molar-refractivity contribution in [2.24, 2.45) is 0 Å². The van der Waals surface area contributed by atoms with Gasteiger partial charge in [0.1, 0.15) is 6.61 Å². The Morgan fingerprint density at radius 2 is 1.88 bits per heavy atom. The van der Waals surface area contributed by atoms with Gasteiger partial charge in [-0.15, -0.1) is 0 Å². The molecular formula is C2H3O5P-2. The summed E-state index contributed by atoms with van der Waals surface area (Å²) >= 11 is 0. The summed E-state index contributed by atoms with van der Waals surface area (Å²) in [6.45, 7) is -1.23. The van der Waals surface area contributed by atoms with Crippen molar-refractivity contribution in [2.75, 3.05) is 6.61 Å². The maximum Gasteiger partial charge on any atom is 0.275 e. The van der Waals surface area contributed by atoms with Crippen molar-refractivity contribution in [1.29, 1.82) is 0 Å². The third-order valence-electron chi connectivity index (χ3n) is 0.441. The SMILES string of the molecule is O=C(CO)[P+]([O-])([O-])[O-]. The van der Waals surface area contributed by atoms with Crippen LogP contribution < -0.4 is 14.7 Å². The molecule has 0 atom stereocenters. The first-order valence-corrected chi connectivity index (χ1v) is 3.19. The van der Waals surface area contributed by atoms with Crippen molar-refractivity contribution in [3.63, 3.8) is 0 Å². The molecule has 0 aromatic heterocycles. The molecule has 0 heterocycles. The van der Waals surface area contributed by atoms with Crippen LogP contribution in [-0.2, 0) is 4.79 Å². The van der Waals surface area contributed by atoms with Crippen molar-refractivity contribution in [3.05, 3.63) is 0 Å². The van der Waals surface area contributed by atoms with Gasteiger partial charge in [-0.1, -0.05) is 7.94 Å². The number of carbonyl (C=O) groups excluding carboxylic acids is 1. The first kappa shape index (κ1) is 7.94. The third kappa shape index (κ3) is 2.30. The van der Waals surface area contributed by atoms with E-state index in [0.717, 1.165) is 0 Å². The molecule has 0 saturated carbocycles. The molecule has 1 N–H and O–H groups in total.